The summed E-state index contributed by atoms with van der Waals surface area (Å²) in [6.07, 6.45) is 0.621. The van der Waals surface area contributed by atoms with Crippen molar-refractivity contribution in [1.82, 2.24) is 9.97 Å². The molecule has 0 unspecified atom stereocenters. The number of nitrogens with two attached hydrogens (primary N) is 1. The predicted molar refractivity (Wildman–Crippen MR) is 70.5 cm³/mol. The van der Waals surface area contributed by atoms with Gasteiger partial charge in [-0.25, -0.2) is 4.98 Å². The summed E-state index contributed by atoms with van der Waals surface area (Å²) in [7, 11) is 0. The topological polar surface area (TPSA) is 71.8 Å². The quantitative estimate of drug-likeness (QED) is 0.875. The number of aromatic amines is 1. The van der Waals surface area contributed by atoms with E-state index in [1.165, 1.54) is 0 Å². The molecule has 4 nitrogen and oxygen atoms in total. The van der Waals surface area contributed by atoms with Gasteiger partial charge in [-0.3, -0.25) is 4.79 Å². The molecule has 0 atom stereocenters. The van der Waals surface area contributed by atoms with Crippen LogP contribution in [0.2, 0.25) is 0 Å². The molecule has 0 aliphatic heterocycles. The lowest BCUT2D eigenvalue weighted by Crippen LogP contribution is -2.20. The van der Waals surface area contributed by atoms with E-state index in [0.717, 1.165) is 4.88 Å². The highest BCUT2D eigenvalue weighted by atomic mass is 32.1. The number of nitrogen functional groups attached to an aromatic ring is 1. The molecule has 2 aromatic heterocycles. The Morgan fingerprint density at radius 2 is 2.29 bits per heavy atom. The molecule has 0 spiro atoms. The number of hydrogen-bond donors (Lipinski definition) is 2. The Morgan fingerprint density at radius 1 is 1.53 bits per heavy atom. The molecule has 0 saturated heterocycles. The Labute approximate surface area is 104 Å². The number of aromatic nitrogens is 2. The van der Waals surface area contributed by atoms with Crippen molar-refractivity contribution in [3.05, 3.63) is 44.1 Å². The normalized spacial score (nSPS) is 11.0. The maximum Gasteiger partial charge on any atom is 0.256 e. The Morgan fingerprint density at radius 3 is 2.82 bits per heavy atom. The molecule has 3 N–H and O–H groups in total. The summed E-state index contributed by atoms with van der Waals surface area (Å²) in [5, 5.41) is 2.00. The van der Waals surface area contributed by atoms with Crippen molar-refractivity contribution in [3.63, 3.8) is 0 Å². The van der Waals surface area contributed by atoms with Crippen LogP contribution >= 0.6 is 11.3 Å². The molecular weight excluding hydrogens is 234 g/mol. The Balaban J connectivity index is 2.36. The predicted octanol–water partition coefficient (Wildman–Crippen LogP) is 2.13. The Bertz CT molecular complexity index is 558. The second-order valence-electron chi connectivity index (χ2n) is 4.22. The van der Waals surface area contributed by atoms with E-state index in [2.05, 4.69) is 9.97 Å². The highest BCUT2D eigenvalue weighted by Gasteiger charge is 2.12. The number of rotatable bonds is 3. The second kappa shape index (κ2) is 4.71. The summed E-state index contributed by atoms with van der Waals surface area (Å²) >= 11 is 1.64. The highest BCUT2D eigenvalue weighted by Crippen LogP contribution is 2.17. The third-order valence-electron chi connectivity index (χ3n) is 2.53. The van der Waals surface area contributed by atoms with Crippen LogP contribution in [0.25, 0.3) is 0 Å². The van der Waals surface area contributed by atoms with Crippen LogP contribution in [0, 0.1) is 0 Å². The number of thiophene rings is 1. The van der Waals surface area contributed by atoms with Crippen LogP contribution in [0.5, 0.6) is 0 Å². The number of H-pyrrole nitrogens is 1. The molecule has 0 aromatic carbocycles. The van der Waals surface area contributed by atoms with E-state index >= 15 is 0 Å². The number of hydrogen-bond acceptors (Lipinski definition) is 4. The van der Waals surface area contributed by atoms with Gasteiger partial charge >= 0.3 is 0 Å². The third-order valence-corrected chi connectivity index (χ3v) is 3.41. The van der Waals surface area contributed by atoms with Crippen molar-refractivity contribution in [2.45, 2.75) is 26.2 Å². The first-order chi connectivity index (χ1) is 8.08. The molecule has 90 valence electrons. The van der Waals surface area contributed by atoms with E-state index in [9.17, 15) is 4.79 Å². The van der Waals surface area contributed by atoms with Crippen molar-refractivity contribution in [3.8, 4) is 0 Å². The van der Waals surface area contributed by atoms with Gasteiger partial charge in [0.05, 0.1) is 5.56 Å². The van der Waals surface area contributed by atoms with Crippen molar-refractivity contribution in [2.75, 3.05) is 5.73 Å². The minimum absolute atomic E-state index is 0.0852. The van der Waals surface area contributed by atoms with Crippen LogP contribution in [0.15, 0.2) is 22.3 Å². The minimum atomic E-state index is -0.126. The standard InChI is InChI=1S/C12H15N3OS/c1-7(2)10-11(13)14-9(15-12(10)16)6-8-4-3-5-17-8/h3-5,7H,6H2,1-2H3,(H3,13,14,15,16). The smallest absolute Gasteiger partial charge is 0.256 e. The monoisotopic (exact) mass is 249 g/mol. The fourth-order valence-corrected chi connectivity index (χ4v) is 2.48. The first-order valence-corrected chi connectivity index (χ1v) is 6.37. The number of nitrogens with zero attached hydrogens (tertiary/aromatic N) is 1. The molecule has 2 rings (SSSR count). The zero-order valence-electron chi connectivity index (χ0n) is 9.86. The molecule has 0 saturated carbocycles. The van der Waals surface area contributed by atoms with E-state index in [-0.39, 0.29) is 11.5 Å². The van der Waals surface area contributed by atoms with Crippen LogP contribution < -0.4 is 11.3 Å². The van der Waals surface area contributed by atoms with E-state index in [1.807, 2.05) is 31.4 Å². The average molecular weight is 249 g/mol. The molecule has 5 heteroatoms. The van der Waals surface area contributed by atoms with Gasteiger partial charge in [0.15, 0.2) is 0 Å². The van der Waals surface area contributed by atoms with Gasteiger partial charge in [0.2, 0.25) is 0 Å². The number of nitrogens with one attached hydrogen (secondary N) is 1. The molecule has 0 radical (unpaired) electrons. The fourth-order valence-electron chi connectivity index (χ4n) is 1.77. The van der Waals surface area contributed by atoms with Crippen molar-refractivity contribution >= 4 is 17.2 Å². The average Bonchev–Trinajstić information content (AvgIpc) is 2.68. The molecule has 2 aromatic rings. The Kier molecular flexibility index (Phi) is 3.28. The highest BCUT2D eigenvalue weighted by molar-refractivity contribution is 7.09. The number of anilines is 1. The molecule has 0 fully saturated rings. The molecule has 2 heterocycles. The van der Waals surface area contributed by atoms with Crippen LogP contribution in [0.1, 0.15) is 36.0 Å². The lowest BCUT2D eigenvalue weighted by atomic mass is 10.1. The molecule has 0 aliphatic rings. The van der Waals surface area contributed by atoms with E-state index in [0.29, 0.717) is 23.6 Å². The second-order valence-corrected chi connectivity index (χ2v) is 5.25. The van der Waals surface area contributed by atoms with Crippen LogP contribution in [0.3, 0.4) is 0 Å². The summed E-state index contributed by atoms with van der Waals surface area (Å²) in [6.45, 7) is 3.86. The molecule has 0 amide bonds. The van der Waals surface area contributed by atoms with Gasteiger partial charge < -0.3 is 10.7 Å². The lowest BCUT2D eigenvalue weighted by Gasteiger charge is -2.08. The summed E-state index contributed by atoms with van der Waals surface area (Å²) in [4.78, 5) is 20.1. The summed E-state index contributed by atoms with van der Waals surface area (Å²) in [5.41, 5.74) is 6.27. The van der Waals surface area contributed by atoms with E-state index in [1.54, 1.807) is 11.3 Å². The summed E-state index contributed by atoms with van der Waals surface area (Å²) < 4.78 is 0. The van der Waals surface area contributed by atoms with E-state index in [4.69, 9.17) is 5.73 Å². The van der Waals surface area contributed by atoms with Crippen LogP contribution in [-0.2, 0) is 6.42 Å². The van der Waals surface area contributed by atoms with Gasteiger partial charge in [0.1, 0.15) is 11.6 Å². The summed E-state index contributed by atoms with van der Waals surface area (Å²) in [6, 6.07) is 3.99. The van der Waals surface area contributed by atoms with Crippen molar-refractivity contribution in [1.29, 1.82) is 0 Å². The first-order valence-electron chi connectivity index (χ1n) is 5.49. The SMILES string of the molecule is CC(C)c1c(N)nc(Cc2cccs2)[nH]c1=O. The van der Waals surface area contributed by atoms with Gasteiger partial charge in [-0.1, -0.05) is 19.9 Å². The first kappa shape index (κ1) is 11.9. The largest absolute Gasteiger partial charge is 0.383 e. The maximum absolute atomic E-state index is 11.9. The van der Waals surface area contributed by atoms with Crippen molar-refractivity contribution in [2.24, 2.45) is 0 Å². The van der Waals surface area contributed by atoms with Gasteiger partial charge in [-0.15, -0.1) is 11.3 Å². The van der Waals surface area contributed by atoms with Crippen molar-refractivity contribution < 1.29 is 0 Å². The van der Waals surface area contributed by atoms with Gasteiger partial charge in [0.25, 0.3) is 5.56 Å². The zero-order chi connectivity index (χ0) is 12.4. The van der Waals surface area contributed by atoms with E-state index < -0.39 is 0 Å². The molecule has 17 heavy (non-hydrogen) atoms. The molecule has 0 aliphatic carbocycles. The minimum Gasteiger partial charge on any atom is -0.383 e. The lowest BCUT2D eigenvalue weighted by molar-refractivity contribution is 0.819. The third kappa shape index (κ3) is 2.55. The van der Waals surface area contributed by atoms with Gasteiger partial charge in [0, 0.05) is 11.3 Å². The summed E-state index contributed by atoms with van der Waals surface area (Å²) in [5.74, 6) is 1.05. The zero-order valence-corrected chi connectivity index (χ0v) is 10.7. The Hall–Kier alpha value is -1.62. The van der Waals surface area contributed by atoms with Crippen LogP contribution in [-0.4, -0.2) is 9.97 Å². The van der Waals surface area contributed by atoms with Gasteiger partial charge in [-0.2, -0.15) is 0 Å². The van der Waals surface area contributed by atoms with Crippen LogP contribution in [0.4, 0.5) is 5.82 Å². The maximum atomic E-state index is 11.9. The fraction of sp³-hybridized carbons (Fsp3) is 0.333. The van der Waals surface area contributed by atoms with Gasteiger partial charge in [-0.05, 0) is 17.4 Å². The molecule has 0 bridgehead atoms. The molecular formula is C12H15N3OS.